The fraction of sp³-hybridized carbons (Fsp3) is 0.200. The standard InChI is InChI=1S/C25H23ClN4O/c1-16-3-5-18(6-4-16)25(31)28-21-9-8-20(13-17(21)2)29-11-12-30-23-10-7-19(26)14-22(23)27-24(30)15-29/h3-10,13-14H,11-12,15H2,1-2H3,(H,28,31). The number of carbonyl (C=O) groups excluding carboxylic acids is 1. The van der Waals surface area contributed by atoms with Crippen LogP contribution in [0.5, 0.6) is 0 Å². The first-order chi connectivity index (χ1) is 15.0. The summed E-state index contributed by atoms with van der Waals surface area (Å²) >= 11 is 6.13. The van der Waals surface area contributed by atoms with Gasteiger partial charge in [-0.15, -0.1) is 0 Å². The highest BCUT2D eigenvalue weighted by Gasteiger charge is 2.21. The van der Waals surface area contributed by atoms with Crippen molar-refractivity contribution in [1.29, 1.82) is 0 Å². The van der Waals surface area contributed by atoms with Crippen molar-refractivity contribution in [1.82, 2.24) is 9.55 Å². The van der Waals surface area contributed by atoms with Crippen LogP contribution in [0, 0.1) is 13.8 Å². The lowest BCUT2D eigenvalue weighted by Crippen LogP contribution is -2.33. The number of imidazole rings is 1. The maximum absolute atomic E-state index is 12.6. The molecule has 5 nitrogen and oxygen atoms in total. The van der Waals surface area contributed by atoms with E-state index >= 15 is 0 Å². The Bertz CT molecular complexity index is 1290. The van der Waals surface area contributed by atoms with Gasteiger partial charge in [-0.3, -0.25) is 4.79 Å². The third kappa shape index (κ3) is 3.77. The summed E-state index contributed by atoms with van der Waals surface area (Å²) in [4.78, 5) is 19.7. The minimum Gasteiger partial charge on any atom is -0.362 e. The van der Waals surface area contributed by atoms with Crippen LogP contribution in [0.4, 0.5) is 11.4 Å². The molecule has 1 amide bonds. The van der Waals surface area contributed by atoms with E-state index in [9.17, 15) is 4.79 Å². The van der Waals surface area contributed by atoms with Gasteiger partial charge in [-0.25, -0.2) is 4.98 Å². The number of anilines is 2. The summed E-state index contributed by atoms with van der Waals surface area (Å²) in [5, 5.41) is 3.74. The molecule has 156 valence electrons. The van der Waals surface area contributed by atoms with E-state index < -0.39 is 0 Å². The Balaban J connectivity index is 1.35. The van der Waals surface area contributed by atoms with Gasteiger partial charge in [0, 0.05) is 35.1 Å². The summed E-state index contributed by atoms with van der Waals surface area (Å²) < 4.78 is 2.27. The van der Waals surface area contributed by atoms with Crippen molar-refractivity contribution in [3.63, 3.8) is 0 Å². The van der Waals surface area contributed by atoms with Crippen LogP contribution in [0.15, 0.2) is 60.7 Å². The Morgan fingerprint density at radius 1 is 1.00 bits per heavy atom. The molecule has 0 unspecified atom stereocenters. The molecule has 6 heteroatoms. The molecular formula is C25H23ClN4O. The van der Waals surface area contributed by atoms with Gasteiger partial charge in [0.15, 0.2) is 0 Å². The number of nitrogens with one attached hydrogen (secondary N) is 1. The van der Waals surface area contributed by atoms with Crippen molar-refractivity contribution >= 4 is 39.9 Å². The highest BCUT2D eigenvalue weighted by Crippen LogP contribution is 2.29. The van der Waals surface area contributed by atoms with Crippen LogP contribution < -0.4 is 10.2 Å². The molecule has 1 aliphatic heterocycles. The smallest absolute Gasteiger partial charge is 0.255 e. The third-order valence-corrected chi connectivity index (χ3v) is 6.09. The Morgan fingerprint density at radius 3 is 2.58 bits per heavy atom. The average Bonchev–Trinajstić information content (AvgIpc) is 3.12. The molecule has 0 aliphatic carbocycles. The van der Waals surface area contributed by atoms with Crippen LogP contribution >= 0.6 is 11.6 Å². The van der Waals surface area contributed by atoms with Crippen LogP contribution in [-0.4, -0.2) is 22.0 Å². The fourth-order valence-corrected chi connectivity index (χ4v) is 4.26. The van der Waals surface area contributed by atoms with Gasteiger partial charge in [0.25, 0.3) is 5.91 Å². The van der Waals surface area contributed by atoms with E-state index in [0.29, 0.717) is 10.6 Å². The molecule has 1 aromatic heterocycles. The van der Waals surface area contributed by atoms with Crippen molar-refractivity contribution in [3.8, 4) is 0 Å². The van der Waals surface area contributed by atoms with Gasteiger partial charge in [-0.05, 0) is 67.9 Å². The zero-order valence-corrected chi connectivity index (χ0v) is 18.3. The quantitative estimate of drug-likeness (QED) is 0.461. The first kappa shape index (κ1) is 19.6. The molecule has 0 fully saturated rings. The molecule has 2 heterocycles. The normalized spacial score (nSPS) is 13.3. The molecule has 1 aliphatic rings. The van der Waals surface area contributed by atoms with Crippen LogP contribution in [0.1, 0.15) is 27.3 Å². The highest BCUT2D eigenvalue weighted by molar-refractivity contribution is 6.31. The van der Waals surface area contributed by atoms with E-state index in [1.165, 1.54) is 0 Å². The number of halogens is 1. The zero-order chi connectivity index (χ0) is 21.5. The molecule has 0 atom stereocenters. The van der Waals surface area contributed by atoms with Gasteiger partial charge in [0.05, 0.1) is 17.6 Å². The number of carbonyl (C=O) groups is 1. The number of fused-ring (bicyclic) bond motifs is 3. The summed E-state index contributed by atoms with van der Waals surface area (Å²) in [6, 6.07) is 19.6. The Kier molecular flexibility index (Phi) is 4.91. The van der Waals surface area contributed by atoms with E-state index in [4.69, 9.17) is 16.6 Å². The maximum Gasteiger partial charge on any atom is 0.255 e. The molecule has 5 rings (SSSR count). The van der Waals surface area contributed by atoms with E-state index in [0.717, 1.165) is 59.0 Å². The number of aromatic nitrogens is 2. The van der Waals surface area contributed by atoms with E-state index in [-0.39, 0.29) is 5.91 Å². The SMILES string of the molecule is Cc1ccc(C(=O)Nc2ccc(N3CCn4c(nc5cc(Cl)ccc54)C3)cc2C)cc1. The summed E-state index contributed by atoms with van der Waals surface area (Å²) in [6.07, 6.45) is 0. The van der Waals surface area contributed by atoms with E-state index in [2.05, 4.69) is 26.9 Å². The van der Waals surface area contributed by atoms with Crippen molar-refractivity contribution in [2.24, 2.45) is 0 Å². The van der Waals surface area contributed by atoms with Gasteiger partial charge in [0.1, 0.15) is 5.82 Å². The lowest BCUT2D eigenvalue weighted by molar-refractivity contribution is 0.102. The monoisotopic (exact) mass is 430 g/mol. The molecular weight excluding hydrogens is 408 g/mol. The molecule has 0 bridgehead atoms. The number of hydrogen-bond donors (Lipinski definition) is 1. The van der Waals surface area contributed by atoms with Crippen molar-refractivity contribution in [2.45, 2.75) is 26.9 Å². The lowest BCUT2D eigenvalue weighted by Gasteiger charge is -2.30. The van der Waals surface area contributed by atoms with Crippen LogP contribution in [0.2, 0.25) is 5.02 Å². The molecule has 3 aromatic carbocycles. The molecule has 4 aromatic rings. The van der Waals surface area contributed by atoms with Gasteiger partial charge in [-0.2, -0.15) is 0 Å². The molecule has 1 N–H and O–H groups in total. The van der Waals surface area contributed by atoms with Crippen LogP contribution in [0.3, 0.4) is 0 Å². The molecule has 0 radical (unpaired) electrons. The van der Waals surface area contributed by atoms with Crippen molar-refractivity contribution < 1.29 is 4.79 Å². The Morgan fingerprint density at radius 2 is 1.81 bits per heavy atom. The molecule has 0 saturated carbocycles. The van der Waals surface area contributed by atoms with Gasteiger partial charge >= 0.3 is 0 Å². The first-order valence-electron chi connectivity index (χ1n) is 10.4. The third-order valence-electron chi connectivity index (χ3n) is 5.85. The largest absolute Gasteiger partial charge is 0.362 e. The topological polar surface area (TPSA) is 50.2 Å². The first-order valence-corrected chi connectivity index (χ1v) is 10.7. The summed E-state index contributed by atoms with van der Waals surface area (Å²) in [5.74, 6) is 0.944. The van der Waals surface area contributed by atoms with E-state index in [1.807, 2.05) is 62.4 Å². The number of amides is 1. The van der Waals surface area contributed by atoms with Gasteiger partial charge < -0.3 is 14.8 Å². The second-order valence-corrected chi connectivity index (χ2v) is 8.49. The van der Waals surface area contributed by atoms with Crippen LogP contribution in [-0.2, 0) is 13.1 Å². The summed E-state index contributed by atoms with van der Waals surface area (Å²) in [6.45, 7) is 6.54. The van der Waals surface area contributed by atoms with E-state index in [1.54, 1.807) is 0 Å². The van der Waals surface area contributed by atoms with Crippen molar-refractivity contribution in [3.05, 3.63) is 88.2 Å². The average molecular weight is 431 g/mol. The summed E-state index contributed by atoms with van der Waals surface area (Å²) in [5.41, 5.74) is 6.85. The number of benzene rings is 3. The predicted molar refractivity (Wildman–Crippen MR) is 126 cm³/mol. The maximum atomic E-state index is 12.6. The molecule has 0 spiro atoms. The fourth-order valence-electron chi connectivity index (χ4n) is 4.10. The zero-order valence-electron chi connectivity index (χ0n) is 17.5. The second-order valence-electron chi connectivity index (χ2n) is 8.05. The predicted octanol–water partition coefficient (Wildman–Crippen LogP) is 5.58. The van der Waals surface area contributed by atoms with Gasteiger partial charge in [-0.1, -0.05) is 29.3 Å². The van der Waals surface area contributed by atoms with Gasteiger partial charge in [0.2, 0.25) is 0 Å². The lowest BCUT2D eigenvalue weighted by atomic mass is 10.1. The number of nitrogens with zero attached hydrogens (tertiary/aromatic N) is 3. The minimum absolute atomic E-state index is 0.0961. The number of hydrogen-bond acceptors (Lipinski definition) is 3. The van der Waals surface area contributed by atoms with Crippen LogP contribution in [0.25, 0.3) is 11.0 Å². The Labute approximate surface area is 186 Å². The number of aryl methyl sites for hydroxylation is 2. The molecule has 0 saturated heterocycles. The highest BCUT2D eigenvalue weighted by atomic mass is 35.5. The minimum atomic E-state index is -0.0961. The number of rotatable bonds is 3. The van der Waals surface area contributed by atoms with Crippen molar-refractivity contribution in [2.75, 3.05) is 16.8 Å². The Hall–Kier alpha value is -3.31. The summed E-state index contributed by atoms with van der Waals surface area (Å²) in [7, 11) is 0. The second kappa shape index (κ2) is 7.75. The molecule has 31 heavy (non-hydrogen) atoms.